The number of aromatic nitrogens is 3. The molecule has 1 fully saturated rings. The highest BCUT2D eigenvalue weighted by atomic mass is 16.2. The molecule has 1 aliphatic rings. The van der Waals surface area contributed by atoms with Gasteiger partial charge in [0.05, 0.1) is 0 Å². The second-order valence-corrected chi connectivity index (χ2v) is 6.67. The SMILES string of the molecule is CCCC1CC(C(=O)Nc2ccc(NC(=O)C(C)n3cncn3)cc2)NN1. The summed E-state index contributed by atoms with van der Waals surface area (Å²) in [6, 6.07) is 6.64. The van der Waals surface area contributed by atoms with Crippen molar-refractivity contribution in [3.05, 3.63) is 36.9 Å². The molecule has 4 N–H and O–H groups in total. The number of amides is 2. The molecule has 2 heterocycles. The highest BCUT2D eigenvalue weighted by Gasteiger charge is 2.28. The molecule has 9 nitrogen and oxygen atoms in total. The lowest BCUT2D eigenvalue weighted by Gasteiger charge is -2.13. The van der Waals surface area contributed by atoms with Crippen molar-refractivity contribution in [2.24, 2.45) is 0 Å². The molecule has 1 saturated heterocycles. The van der Waals surface area contributed by atoms with Crippen LogP contribution in [0.3, 0.4) is 0 Å². The quantitative estimate of drug-likeness (QED) is 0.586. The summed E-state index contributed by atoms with van der Waals surface area (Å²) in [4.78, 5) is 28.4. The third kappa shape index (κ3) is 4.89. The smallest absolute Gasteiger partial charge is 0.249 e. The van der Waals surface area contributed by atoms with Crippen molar-refractivity contribution in [3.8, 4) is 0 Å². The van der Waals surface area contributed by atoms with Crippen molar-refractivity contribution in [2.45, 2.75) is 51.2 Å². The number of nitrogens with one attached hydrogen (secondary N) is 4. The van der Waals surface area contributed by atoms with Crippen molar-refractivity contribution in [1.82, 2.24) is 25.6 Å². The van der Waals surface area contributed by atoms with E-state index in [1.54, 1.807) is 31.2 Å². The summed E-state index contributed by atoms with van der Waals surface area (Å²) >= 11 is 0. The number of carbonyl (C=O) groups excluding carboxylic acids is 2. The fourth-order valence-electron chi connectivity index (χ4n) is 2.98. The second kappa shape index (κ2) is 8.74. The van der Waals surface area contributed by atoms with Crippen LogP contribution in [-0.2, 0) is 9.59 Å². The number of hydrogen-bond acceptors (Lipinski definition) is 6. The van der Waals surface area contributed by atoms with Gasteiger partial charge in [-0.15, -0.1) is 0 Å². The van der Waals surface area contributed by atoms with Crippen LogP contribution in [0.4, 0.5) is 11.4 Å². The summed E-state index contributed by atoms with van der Waals surface area (Å²) in [6.45, 7) is 3.87. The molecular formula is C18H25N7O2. The monoisotopic (exact) mass is 371 g/mol. The Morgan fingerprint density at radius 3 is 2.56 bits per heavy atom. The molecule has 144 valence electrons. The number of rotatable bonds is 7. The van der Waals surface area contributed by atoms with Crippen LogP contribution in [0, 0.1) is 0 Å². The first-order valence-electron chi connectivity index (χ1n) is 9.13. The summed E-state index contributed by atoms with van der Waals surface area (Å²) in [5.74, 6) is -0.266. The summed E-state index contributed by atoms with van der Waals surface area (Å²) in [7, 11) is 0. The van der Waals surface area contributed by atoms with E-state index in [1.165, 1.54) is 17.3 Å². The van der Waals surface area contributed by atoms with Crippen LogP contribution in [0.25, 0.3) is 0 Å². The lowest BCUT2D eigenvalue weighted by Crippen LogP contribution is -2.40. The molecule has 0 aliphatic carbocycles. The van der Waals surface area contributed by atoms with Gasteiger partial charge >= 0.3 is 0 Å². The topological polar surface area (TPSA) is 113 Å². The Labute approximate surface area is 157 Å². The molecule has 1 aromatic carbocycles. The van der Waals surface area contributed by atoms with Crippen molar-refractivity contribution in [1.29, 1.82) is 0 Å². The van der Waals surface area contributed by atoms with E-state index < -0.39 is 6.04 Å². The molecular weight excluding hydrogens is 346 g/mol. The van der Waals surface area contributed by atoms with E-state index >= 15 is 0 Å². The minimum absolute atomic E-state index is 0.0716. The Balaban J connectivity index is 1.51. The molecule has 3 unspecified atom stereocenters. The van der Waals surface area contributed by atoms with Gasteiger partial charge in [-0.1, -0.05) is 13.3 Å². The first-order chi connectivity index (χ1) is 13.1. The normalized spacial score (nSPS) is 20.2. The standard InChI is InChI=1S/C18H25N7O2/c1-3-4-15-9-16(24-23-15)18(27)22-14-7-5-13(6-8-14)21-17(26)12(2)25-11-19-10-20-25/h5-8,10-12,15-16,23-24H,3-4,9H2,1-2H3,(H,21,26)(H,22,27). The van der Waals surface area contributed by atoms with Crippen LogP contribution in [-0.4, -0.2) is 38.7 Å². The highest BCUT2D eigenvalue weighted by molar-refractivity contribution is 5.96. The summed E-state index contributed by atoms with van der Waals surface area (Å²) in [6.07, 6.45) is 5.78. The number of carbonyl (C=O) groups is 2. The maximum atomic E-state index is 12.3. The van der Waals surface area contributed by atoms with Crippen LogP contribution in [0.5, 0.6) is 0 Å². The van der Waals surface area contributed by atoms with Crippen molar-refractivity contribution in [2.75, 3.05) is 10.6 Å². The molecule has 1 aromatic heterocycles. The Morgan fingerprint density at radius 2 is 1.93 bits per heavy atom. The minimum Gasteiger partial charge on any atom is -0.325 e. The van der Waals surface area contributed by atoms with E-state index in [9.17, 15) is 9.59 Å². The van der Waals surface area contributed by atoms with Gasteiger partial charge in [0.1, 0.15) is 24.7 Å². The number of nitrogens with zero attached hydrogens (tertiary/aromatic N) is 3. The Bertz CT molecular complexity index is 761. The first kappa shape index (κ1) is 19.0. The largest absolute Gasteiger partial charge is 0.325 e. The van der Waals surface area contributed by atoms with Crippen molar-refractivity contribution in [3.63, 3.8) is 0 Å². The number of benzene rings is 1. The Morgan fingerprint density at radius 1 is 1.22 bits per heavy atom. The second-order valence-electron chi connectivity index (χ2n) is 6.67. The van der Waals surface area contributed by atoms with Gasteiger partial charge in [-0.3, -0.25) is 15.0 Å². The van der Waals surface area contributed by atoms with Crippen molar-refractivity contribution >= 4 is 23.2 Å². The zero-order valence-corrected chi connectivity index (χ0v) is 15.5. The molecule has 9 heteroatoms. The minimum atomic E-state index is -0.469. The fraction of sp³-hybridized carbons (Fsp3) is 0.444. The van der Waals surface area contributed by atoms with E-state index in [2.05, 4.69) is 38.5 Å². The molecule has 1 aliphatic heterocycles. The van der Waals surface area contributed by atoms with E-state index in [1.807, 2.05) is 0 Å². The fourth-order valence-corrected chi connectivity index (χ4v) is 2.98. The molecule has 3 atom stereocenters. The molecule has 3 rings (SSSR count). The number of anilines is 2. The van der Waals surface area contributed by atoms with E-state index in [0.717, 1.165) is 19.3 Å². The van der Waals surface area contributed by atoms with Crippen molar-refractivity contribution < 1.29 is 9.59 Å². The van der Waals surface area contributed by atoms with E-state index in [0.29, 0.717) is 17.4 Å². The van der Waals surface area contributed by atoms with Gasteiger partial charge in [0.2, 0.25) is 11.8 Å². The molecule has 2 aromatic rings. The molecule has 0 spiro atoms. The van der Waals surface area contributed by atoms with Gasteiger partial charge in [-0.2, -0.15) is 5.10 Å². The lowest BCUT2D eigenvalue weighted by atomic mass is 10.1. The zero-order chi connectivity index (χ0) is 19.2. The summed E-state index contributed by atoms with van der Waals surface area (Å²) < 4.78 is 1.48. The lowest BCUT2D eigenvalue weighted by molar-refractivity contribution is -0.119. The van der Waals surface area contributed by atoms with Gasteiger partial charge in [0.15, 0.2) is 0 Å². The van der Waals surface area contributed by atoms with Crippen LogP contribution < -0.4 is 21.5 Å². The maximum Gasteiger partial charge on any atom is 0.249 e. The van der Waals surface area contributed by atoms with Crippen LogP contribution >= 0.6 is 0 Å². The average Bonchev–Trinajstić information content (AvgIpc) is 3.35. The zero-order valence-electron chi connectivity index (χ0n) is 15.5. The highest BCUT2D eigenvalue weighted by Crippen LogP contribution is 2.17. The summed E-state index contributed by atoms with van der Waals surface area (Å²) in [5.41, 5.74) is 7.53. The summed E-state index contributed by atoms with van der Waals surface area (Å²) in [5, 5.41) is 9.68. The van der Waals surface area contributed by atoms with Gasteiger partial charge in [0, 0.05) is 17.4 Å². The molecule has 0 saturated carbocycles. The van der Waals surface area contributed by atoms with Crippen LogP contribution in [0.15, 0.2) is 36.9 Å². The van der Waals surface area contributed by atoms with Gasteiger partial charge in [0.25, 0.3) is 0 Å². The van der Waals surface area contributed by atoms with Gasteiger partial charge in [-0.25, -0.2) is 15.1 Å². The van der Waals surface area contributed by atoms with Gasteiger partial charge in [-0.05, 0) is 44.0 Å². The van der Waals surface area contributed by atoms with E-state index in [-0.39, 0.29) is 17.9 Å². The number of hydrazine groups is 1. The number of hydrogen-bond donors (Lipinski definition) is 4. The van der Waals surface area contributed by atoms with E-state index in [4.69, 9.17) is 0 Å². The third-order valence-electron chi connectivity index (χ3n) is 4.57. The van der Waals surface area contributed by atoms with Gasteiger partial charge < -0.3 is 10.6 Å². The molecule has 2 amide bonds. The average molecular weight is 371 g/mol. The molecule has 0 bridgehead atoms. The third-order valence-corrected chi connectivity index (χ3v) is 4.57. The maximum absolute atomic E-state index is 12.3. The predicted octanol–water partition coefficient (Wildman–Crippen LogP) is 1.45. The predicted molar refractivity (Wildman–Crippen MR) is 102 cm³/mol. The van der Waals surface area contributed by atoms with Crippen LogP contribution in [0.2, 0.25) is 0 Å². The molecule has 27 heavy (non-hydrogen) atoms. The first-order valence-corrected chi connectivity index (χ1v) is 9.13. The van der Waals surface area contributed by atoms with Crippen LogP contribution in [0.1, 0.15) is 39.2 Å². The molecule has 0 radical (unpaired) electrons. The Hall–Kier alpha value is -2.78. The Kier molecular flexibility index (Phi) is 6.15.